The second kappa shape index (κ2) is 7.77. The monoisotopic (exact) mass is 365 g/mol. The first-order valence-electron chi connectivity index (χ1n) is 10.1. The zero-order valence-electron chi connectivity index (χ0n) is 17.1. The minimum Gasteiger partial charge on any atom is -0.285 e. The van der Waals surface area contributed by atoms with Crippen LogP contribution < -0.4 is 0 Å². The van der Waals surface area contributed by atoms with Crippen molar-refractivity contribution in [3.63, 3.8) is 0 Å². The summed E-state index contributed by atoms with van der Waals surface area (Å²) in [4.78, 5) is 2.32. The number of nitrogens with zero attached hydrogens (tertiary/aromatic N) is 1. The molecule has 0 aromatic heterocycles. The van der Waals surface area contributed by atoms with E-state index in [2.05, 4.69) is 118 Å². The summed E-state index contributed by atoms with van der Waals surface area (Å²) in [7, 11) is 0. The molecular weight excluding hydrogens is 338 g/mol. The van der Waals surface area contributed by atoms with Gasteiger partial charge in [-0.1, -0.05) is 78.9 Å². The molecule has 140 valence electrons. The third-order valence-electron chi connectivity index (χ3n) is 5.35. The van der Waals surface area contributed by atoms with Gasteiger partial charge in [0.25, 0.3) is 0 Å². The third-order valence-corrected chi connectivity index (χ3v) is 5.35. The zero-order chi connectivity index (χ0) is 19.7. The molecule has 0 aliphatic heterocycles. The maximum atomic E-state index is 3.74. The Morgan fingerprint density at radius 1 is 0.607 bits per heavy atom. The smallest absolute Gasteiger partial charge is 0.0974 e. The van der Waals surface area contributed by atoms with Crippen molar-refractivity contribution in [2.24, 2.45) is 0 Å². The minimum atomic E-state index is 0.395. The number of fused-ring (bicyclic) bond motifs is 2. The van der Waals surface area contributed by atoms with Crippen molar-refractivity contribution in [1.29, 1.82) is 0 Å². The van der Waals surface area contributed by atoms with E-state index in [9.17, 15) is 0 Å². The lowest BCUT2D eigenvalue weighted by molar-refractivity contribution is 0.231. The van der Waals surface area contributed by atoms with E-state index in [-0.39, 0.29) is 0 Å². The minimum absolute atomic E-state index is 0.395. The number of hydrogen-bond donors (Lipinski definition) is 0. The summed E-state index contributed by atoms with van der Waals surface area (Å²) in [5.74, 6) is 0. The first kappa shape index (κ1) is 18.7. The van der Waals surface area contributed by atoms with Crippen LogP contribution in [0.1, 0.15) is 33.3 Å². The zero-order valence-corrected chi connectivity index (χ0v) is 17.1. The fraction of sp³-hybridized carbons (Fsp3) is 0.222. The van der Waals surface area contributed by atoms with Crippen molar-refractivity contribution in [1.82, 2.24) is 4.90 Å². The molecule has 0 saturated heterocycles. The Morgan fingerprint density at radius 2 is 1.18 bits per heavy atom. The molecule has 4 rings (SSSR count). The normalized spacial score (nSPS) is 12.0. The van der Waals surface area contributed by atoms with Crippen LogP contribution >= 0.6 is 0 Å². The van der Waals surface area contributed by atoms with Crippen molar-refractivity contribution in [2.45, 2.75) is 39.8 Å². The molecule has 0 amide bonds. The van der Waals surface area contributed by atoms with Gasteiger partial charge in [0.2, 0.25) is 0 Å². The van der Waals surface area contributed by atoms with Gasteiger partial charge in [-0.3, -0.25) is 4.90 Å². The molecule has 0 N–H and O–H groups in total. The van der Waals surface area contributed by atoms with Crippen molar-refractivity contribution in [3.8, 4) is 11.1 Å². The van der Waals surface area contributed by atoms with E-state index < -0.39 is 0 Å². The Hall–Kier alpha value is -2.64. The van der Waals surface area contributed by atoms with E-state index in [1.54, 1.807) is 0 Å². The second-order valence-electron chi connectivity index (χ2n) is 7.94. The van der Waals surface area contributed by atoms with Crippen LogP contribution in [0.15, 0.2) is 78.9 Å². The lowest BCUT2D eigenvalue weighted by atomic mass is 9.89. The summed E-state index contributed by atoms with van der Waals surface area (Å²) in [6.07, 6.45) is 0. The highest BCUT2D eigenvalue weighted by atomic mass is 15.2. The predicted molar refractivity (Wildman–Crippen MR) is 121 cm³/mol. The molecule has 0 unspecified atom stereocenters. The topological polar surface area (TPSA) is 3.24 Å². The molecule has 1 heteroatoms. The van der Waals surface area contributed by atoms with Crippen molar-refractivity contribution >= 4 is 21.5 Å². The molecular formula is C27H27N. The number of benzene rings is 4. The molecule has 0 aliphatic rings. The lowest BCUT2D eigenvalue weighted by Gasteiger charge is -2.30. The standard InChI is InChI=1S/C27H27N/c1-19(2)28(20(3)4)18-23-17-16-22-11-6-8-14-25(22)27(23)26-15-9-12-21-10-5-7-13-24(21)26/h5-17,19-20H,1-4H3. The molecule has 0 bridgehead atoms. The molecule has 4 aromatic rings. The molecule has 4 aromatic carbocycles. The van der Waals surface area contributed by atoms with E-state index in [1.165, 1.54) is 32.7 Å². The summed E-state index contributed by atoms with van der Waals surface area (Å²) >= 11 is 0. The van der Waals surface area contributed by atoms with Crippen LogP contribution in [0.5, 0.6) is 0 Å². The van der Waals surface area contributed by atoms with Crippen molar-refractivity contribution in [3.05, 3.63) is 91.0 Å². The highest BCUT2D eigenvalue weighted by molar-refractivity contribution is 6.06. The maximum Gasteiger partial charge on any atom is 0.0974 e. The maximum absolute atomic E-state index is 3.74. The molecule has 0 heterocycles. The van der Waals surface area contributed by atoms with Crippen LogP contribution in [0.25, 0.3) is 32.7 Å². The third kappa shape index (κ3) is 3.43. The molecule has 2 radical (unpaired) electrons. The largest absolute Gasteiger partial charge is 0.285 e. The molecule has 0 aliphatic carbocycles. The van der Waals surface area contributed by atoms with Gasteiger partial charge < -0.3 is 0 Å². The second-order valence-corrected chi connectivity index (χ2v) is 7.94. The Bertz CT molecular complexity index is 1090. The highest BCUT2D eigenvalue weighted by Crippen LogP contribution is 2.38. The van der Waals surface area contributed by atoms with Crippen LogP contribution in [0.2, 0.25) is 0 Å². The van der Waals surface area contributed by atoms with Gasteiger partial charge in [-0.2, -0.15) is 0 Å². The van der Waals surface area contributed by atoms with Gasteiger partial charge in [0.05, 0.1) is 6.54 Å². The van der Waals surface area contributed by atoms with Crippen LogP contribution in [0, 0.1) is 6.54 Å². The number of hydrogen-bond acceptors (Lipinski definition) is 1. The molecule has 0 fully saturated rings. The average molecular weight is 366 g/mol. The molecule has 0 atom stereocenters. The Balaban J connectivity index is 2.00. The van der Waals surface area contributed by atoms with Gasteiger partial charge in [-0.25, -0.2) is 0 Å². The molecule has 0 saturated carbocycles. The van der Waals surface area contributed by atoms with Gasteiger partial charge in [0.15, 0.2) is 0 Å². The average Bonchev–Trinajstić information content (AvgIpc) is 2.70. The highest BCUT2D eigenvalue weighted by Gasteiger charge is 2.19. The van der Waals surface area contributed by atoms with Crippen LogP contribution in [-0.2, 0) is 0 Å². The Labute approximate surface area is 168 Å². The summed E-state index contributed by atoms with van der Waals surface area (Å²) in [6.45, 7) is 12.6. The lowest BCUT2D eigenvalue weighted by Crippen LogP contribution is -2.35. The quantitative estimate of drug-likeness (QED) is 0.339. The van der Waals surface area contributed by atoms with Crippen molar-refractivity contribution in [2.75, 3.05) is 0 Å². The van der Waals surface area contributed by atoms with Crippen LogP contribution in [0.3, 0.4) is 0 Å². The summed E-state index contributed by atoms with van der Waals surface area (Å²) in [5, 5.41) is 5.08. The first-order chi connectivity index (χ1) is 13.6. The van der Waals surface area contributed by atoms with E-state index in [0.717, 1.165) is 5.56 Å². The van der Waals surface area contributed by atoms with E-state index in [1.807, 2.05) is 0 Å². The predicted octanol–water partition coefficient (Wildman–Crippen LogP) is 7.17. The van der Waals surface area contributed by atoms with E-state index in [0.29, 0.717) is 12.1 Å². The van der Waals surface area contributed by atoms with Gasteiger partial charge in [-0.15, -0.1) is 0 Å². The summed E-state index contributed by atoms with van der Waals surface area (Å²) in [6, 6.07) is 29.1. The molecule has 28 heavy (non-hydrogen) atoms. The Kier molecular flexibility index (Phi) is 5.19. The fourth-order valence-electron chi connectivity index (χ4n) is 4.09. The molecule has 0 spiro atoms. The molecule has 1 nitrogen and oxygen atoms in total. The van der Waals surface area contributed by atoms with Crippen LogP contribution in [0.4, 0.5) is 0 Å². The summed E-state index contributed by atoms with van der Waals surface area (Å²) < 4.78 is 0. The van der Waals surface area contributed by atoms with Gasteiger partial charge in [-0.05, 0) is 65.9 Å². The first-order valence-corrected chi connectivity index (χ1v) is 10.1. The van der Waals surface area contributed by atoms with Gasteiger partial charge >= 0.3 is 0 Å². The SMILES string of the molecule is CC(C)N([C]c1ccc2ccccc2c1-c1cccc2ccccc12)C(C)C. The van der Waals surface area contributed by atoms with Crippen molar-refractivity contribution < 1.29 is 0 Å². The Morgan fingerprint density at radius 3 is 1.86 bits per heavy atom. The summed E-state index contributed by atoms with van der Waals surface area (Å²) in [5.41, 5.74) is 3.68. The number of rotatable bonds is 5. The van der Waals surface area contributed by atoms with Gasteiger partial charge in [0, 0.05) is 12.1 Å². The van der Waals surface area contributed by atoms with E-state index in [4.69, 9.17) is 0 Å². The van der Waals surface area contributed by atoms with Gasteiger partial charge in [0.1, 0.15) is 0 Å². The van der Waals surface area contributed by atoms with Crippen LogP contribution in [-0.4, -0.2) is 17.0 Å². The fourth-order valence-corrected chi connectivity index (χ4v) is 4.09. The van der Waals surface area contributed by atoms with E-state index >= 15 is 0 Å².